The maximum Gasteiger partial charge on any atom is 0.767 e. The first-order valence-corrected chi connectivity index (χ1v) is 5.80. The average Bonchev–Trinajstić information content (AvgIpc) is 2.00. The largest absolute Gasteiger partial charge is 0.767 e. The quantitative estimate of drug-likeness (QED) is 0.629. The molecular weight excluding hydrogens is 186 g/mol. The lowest BCUT2D eigenvalue weighted by Gasteiger charge is -2.24. The van der Waals surface area contributed by atoms with Crippen molar-refractivity contribution in [3.05, 3.63) is 0 Å². The molecule has 0 saturated heterocycles. The van der Waals surface area contributed by atoms with Gasteiger partial charge in [-0.05, 0) is 40.2 Å². The molecule has 5 heteroatoms. The van der Waals surface area contributed by atoms with E-state index in [0.717, 1.165) is 12.8 Å². The van der Waals surface area contributed by atoms with E-state index in [9.17, 15) is 4.46 Å². The summed E-state index contributed by atoms with van der Waals surface area (Å²) in [5.41, 5.74) is 4.97. The zero-order chi connectivity index (χ0) is 10.3. The van der Waals surface area contributed by atoms with Crippen molar-refractivity contribution in [1.29, 1.82) is 0 Å². The molecule has 0 fully saturated rings. The van der Waals surface area contributed by atoms with Gasteiger partial charge in [0.15, 0.2) is 0 Å². The Balaban J connectivity index is 3.79. The van der Waals surface area contributed by atoms with Crippen LogP contribution in [0.3, 0.4) is 0 Å². The summed E-state index contributed by atoms with van der Waals surface area (Å²) in [6.45, 7) is 6.63. The molecular formula is C8H19NO3Si. The van der Waals surface area contributed by atoms with E-state index in [-0.39, 0.29) is 0 Å². The molecule has 0 aromatic rings. The number of nitrogens with two attached hydrogens (primary N) is 1. The highest BCUT2D eigenvalue weighted by atomic mass is 28.3. The molecule has 0 aliphatic carbocycles. The zero-order valence-electron chi connectivity index (χ0n) is 8.63. The van der Waals surface area contributed by atoms with Crippen molar-refractivity contribution in [3.63, 3.8) is 0 Å². The monoisotopic (exact) mass is 205 g/mol. The Kier molecular flexibility index (Phi) is 5.90. The van der Waals surface area contributed by atoms with Gasteiger partial charge in [-0.1, -0.05) is 0 Å². The van der Waals surface area contributed by atoms with Crippen LogP contribution in [-0.4, -0.2) is 27.9 Å². The third-order valence-corrected chi connectivity index (χ3v) is 2.85. The van der Waals surface area contributed by atoms with Crippen molar-refractivity contribution in [1.82, 2.24) is 0 Å². The fourth-order valence-corrected chi connectivity index (χ4v) is 1.80. The van der Waals surface area contributed by atoms with E-state index in [1.165, 1.54) is 0 Å². The summed E-state index contributed by atoms with van der Waals surface area (Å²) in [5, 5.41) is 0. The van der Waals surface area contributed by atoms with Crippen LogP contribution < -0.4 is 5.73 Å². The summed E-state index contributed by atoms with van der Waals surface area (Å²) < 4.78 is 21.2. The van der Waals surface area contributed by atoms with E-state index in [2.05, 4.69) is 0 Å². The number of hydrogen-bond acceptors (Lipinski definition) is 4. The molecule has 78 valence electrons. The van der Waals surface area contributed by atoms with Crippen LogP contribution in [-0.2, 0) is 13.3 Å². The lowest BCUT2D eigenvalue weighted by atomic mass is 10.0. The summed E-state index contributed by atoms with van der Waals surface area (Å²) >= 11 is 0. The second-order valence-corrected chi connectivity index (χ2v) is 4.43. The third kappa shape index (κ3) is 6.71. The van der Waals surface area contributed by atoms with E-state index in [4.69, 9.17) is 14.6 Å². The van der Waals surface area contributed by atoms with E-state index >= 15 is 0 Å². The molecule has 0 amide bonds. The second kappa shape index (κ2) is 6.10. The van der Waals surface area contributed by atoms with Crippen molar-refractivity contribution >= 4 is 9.17 Å². The molecule has 0 rings (SSSR count). The molecule has 0 aliphatic rings. The Bertz CT molecular complexity index is 161. The molecule has 0 radical (unpaired) electrons. The first-order chi connectivity index (χ1) is 6.02. The maximum atomic E-state index is 11.1. The molecule has 0 unspecified atom stereocenters. The molecule has 0 aliphatic heterocycles. The van der Waals surface area contributed by atoms with Crippen LogP contribution in [0.5, 0.6) is 0 Å². The number of rotatable bonds is 7. The van der Waals surface area contributed by atoms with Gasteiger partial charge in [0.25, 0.3) is 0 Å². The van der Waals surface area contributed by atoms with Gasteiger partial charge in [0.1, 0.15) is 0 Å². The van der Waals surface area contributed by atoms with Gasteiger partial charge < -0.3 is 14.6 Å². The number of hydrogen-bond donors (Lipinski definition) is 1. The maximum absolute atomic E-state index is 11.1. The molecule has 2 N–H and O–H groups in total. The minimum atomic E-state index is -2.32. The van der Waals surface area contributed by atoms with Crippen molar-refractivity contribution in [2.24, 2.45) is 5.73 Å². The Labute approximate surface area is 81.3 Å². The van der Waals surface area contributed by atoms with Crippen LogP contribution in [0, 0.1) is 0 Å². The van der Waals surface area contributed by atoms with Crippen LogP contribution in [0.1, 0.15) is 33.6 Å². The highest BCUT2D eigenvalue weighted by molar-refractivity contribution is 6.26. The normalized spacial score (nSPS) is 11.1. The first kappa shape index (κ1) is 12.6. The van der Waals surface area contributed by atoms with Gasteiger partial charge in [-0.3, -0.25) is 4.46 Å². The zero-order valence-corrected chi connectivity index (χ0v) is 9.63. The SMILES string of the molecule is CCO[Si](=O)OC(C)(C)CCCN. The summed E-state index contributed by atoms with van der Waals surface area (Å²) in [6, 6.07) is 0. The van der Waals surface area contributed by atoms with Gasteiger partial charge in [-0.25, -0.2) is 0 Å². The van der Waals surface area contributed by atoms with Gasteiger partial charge >= 0.3 is 9.17 Å². The van der Waals surface area contributed by atoms with Crippen molar-refractivity contribution in [3.8, 4) is 0 Å². The second-order valence-electron chi connectivity index (χ2n) is 3.44. The lowest BCUT2D eigenvalue weighted by molar-refractivity contribution is 0.0472. The summed E-state index contributed by atoms with van der Waals surface area (Å²) in [4.78, 5) is 0. The molecule has 13 heavy (non-hydrogen) atoms. The topological polar surface area (TPSA) is 61.5 Å². The van der Waals surface area contributed by atoms with Gasteiger partial charge in [0.05, 0.1) is 12.2 Å². The fraction of sp³-hybridized carbons (Fsp3) is 1.00. The van der Waals surface area contributed by atoms with E-state index in [0.29, 0.717) is 13.2 Å². The van der Waals surface area contributed by atoms with Crippen LogP contribution >= 0.6 is 0 Å². The predicted octanol–water partition coefficient (Wildman–Crippen LogP) is 0.972. The van der Waals surface area contributed by atoms with Crippen LogP contribution in [0.25, 0.3) is 0 Å². The lowest BCUT2D eigenvalue weighted by Crippen LogP contribution is -2.31. The average molecular weight is 205 g/mol. The van der Waals surface area contributed by atoms with Crippen molar-refractivity contribution < 1.29 is 13.3 Å². The molecule has 0 heterocycles. The van der Waals surface area contributed by atoms with Crippen LogP contribution in [0.15, 0.2) is 0 Å². The molecule has 0 bridgehead atoms. The first-order valence-electron chi connectivity index (χ1n) is 4.57. The Morgan fingerprint density at radius 3 is 2.54 bits per heavy atom. The predicted molar refractivity (Wildman–Crippen MR) is 51.5 cm³/mol. The van der Waals surface area contributed by atoms with Gasteiger partial charge in [0.2, 0.25) is 0 Å². The van der Waals surface area contributed by atoms with Crippen molar-refractivity contribution in [2.45, 2.75) is 39.2 Å². The van der Waals surface area contributed by atoms with E-state index in [1.807, 2.05) is 13.8 Å². The summed E-state index contributed by atoms with van der Waals surface area (Å²) in [5.74, 6) is 0. The standard InChI is InChI=1S/C8H19NO3Si/c1-4-11-13(10)12-8(2,3)6-5-7-9/h4-7,9H2,1-3H3. The Hall–Kier alpha value is -0.423. The minimum absolute atomic E-state index is 0.398. The minimum Gasteiger partial charge on any atom is -0.496 e. The molecule has 0 aromatic carbocycles. The highest BCUT2D eigenvalue weighted by Crippen LogP contribution is 2.15. The molecule has 0 aromatic heterocycles. The van der Waals surface area contributed by atoms with E-state index in [1.54, 1.807) is 6.92 Å². The van der Waals surface area contributed by atoms with Gasteiger partial charge in [0, 0.05) is 0 Å². The fourth-order valence-electron chi connectivity index (χ4n) is 0.952. The van der Waals surface area contributed by atoms with Crippen LogP contribution in [0.2, 0.25) is 0 Å². The summed E-state index contributed by atoms with van der Waals surface area (Å²) in [7, 11) is -2.32. The van der Waals surface area contributed by atoms with Gasteiger partial charge in [-0.2, -0.15) is 0 Å². The van der Waals surface area contributed by atoms with E-state index < -0.39 is 14.8 Å². The molecule has 0 atom stereocenters. The molecule has 4 nitrogen and oxygen atoms in total. The Morgan fingerprint density at radius 1 is 1.46 bits per heavy atom. The van der Waals surface area contributed by atoms with Gasteiger partial charge in [-0.15, -0.1) is 0 Å². The van der Waals surface area contributed by atoms with Crippen molar-refractivity contribution in [2.75, 3.05) is 13.2 Å². The summed E-state index contributed by atoms with van der Waals surface area (Å²) in [6.07, 6.45) is 1.67. The smallest absolute Gasteiger partial charge is 0.496 e. The highest BCUT2D eigenvalue weighted by Gasteiger charge is 2.25. The Morgan fingerprint density at radius 2 is 2.08 bits per heavy atom. The van der Waals surface area contributed by atoms with Crippen LogP contribution in [0.4, 0.5) is 0 Å². The third-order valence-electron chi connectivity index (χ3n) is 1.60. The molecule has 0 spiro atoms. The molecule has 0 saturated carbocycles.